The number of hydrogen-bond donors (Lipinski definition) is 1. The summed E-state index contributed by atoms with van der Waals surface area (Å²) in [6, 6.07) is 16.3. The van der Waals surface area contributed by atoms with Gasteiger partial charge in [-0.1, -0.05) is 60.7 Å². The highest BCUT2D eigenvalue weighted by Crippen LogP contribution is 2.30. The van der Waals surface area contributed by atoms with Gasteiger partial charge in [-0.15, -0.1) is 0 Å². The van der Waals surface area contributed by atoms with Crippen molar-refractivity contribution in [2.24, 2.45) is 0 Å². The number of nitrogens with one attached hydrogen (secondary N) is 1. The molecule has 0 radical (unpaired) electrons. The van der Waals surface area contributed by atoms with Gasteiger partial charge >= 0.3 is 24.0 Å². The minimum atomic E-state index is -2.10. The number of alkyl halides is 1. The van der Waals surface area contributed by atoms with Crippen molar-refractivity contribution in [1.29, 1.82) is 0 Å². The lowest BCUT2D eigenvalue weighted by Gasteiger charge is -2.42. The molecule has 2 aromatic rings. The largest absolute Gasteiger partial charge is 0.459 e. The summed E-state index contributed by atoms with van der Waals surface area (Å²) in [4.78, 5) is 49.0. The molecule has 1 heterocycles. The Bertz CT molecular complexity index is 1160. The first-order chi connectivity index (χ1) is 19.5. The van der Waals surface area contributed by atoms with Gasteiger partial charge in [0.25, 0.3) is 0 Å². The Balaban J connectivity index is 1.73. The minimum Gasteiger partial charge on any atom is -0.459 e. The summed E-state index contributed by atoms with van der Waals surface area (Å²) in [5.74, 6) is -2.39. The molecule has 12 heteroatoms. The summed E-state index contributed by atoms with van der Waals surface area (Å²) < 4.78 is 47.8. The molecule has 0 saturated carbocycles. The van der Waals surface area contributed by atoms with Crippen LogP contribution in [-0.4, -0.2) is 66.9 Å². The van der Waals surface area contributed by atoms with Crippen LogP contribution in [0.1, 0.15) is 38.8 Å². The van der Waals surface area contributed by atoms with Crippen LogP contribution < -0.4 is 5.32 Å². The topological polar surface area (TPSA) is 136 Å². The molecule has 41 heavy (non-hydrogen) atoms. The highest BCUT2D eigenvalue weighted by Gasteiger charge is 2.50. The second kappa shape index (κ2) is 15.1. The molecule has 1 aliphatic rings. The predicted octanol–water partition coefficient (Wildman–Crippen LogP) is 3.38. The average Bonchev–Trinajstić information content (AvgIpc) is 2.94. The summed E-state index contributed by atoms with van der Waals surface area (Å²) in [6.07, 6.45) is -9.62. The molecule has 11 nitrogen and oxygen atoms in total. The second-order valence-electron chi connectivity index (χ2n) is 9.42. The van der Waals surface area contributed by atoms with Crippen molar-refractivity contribution in [1.82, 2.24) is 5.32 Å². The molecule has 0 aliphatic carbocycles. The van der Waals surface area contributed by atoms with Crippen molar-refractivity contribution >= 4 is 24.0 Å². The van der Waals surface area contributed by atoms with Gasteiger partial charge in [-0.3, -0.25) is 9.59 Å². The smallest absolute Gasteiger partial charge is 0.408 e. The number of halogens is 1. The summed E-state index contributed by atoms with van der Waals surface area (Å²) in [5, 5.41) is 2.42. The van der Waals surface area contributed by atoms with E-state index in [4.69, 9.17) is 28.4 Å². The molecule has 2 aromatic carbocycles. The van der Waals surface area contributed by atoms with E-state index in [9.17, 15) is 19.2 Å². The van der Waals surface area contributed by atoms with Crippen molar-refractivity contribution < 1.29 is 52.0 Å². The number of carbonyl (C=O) groups is 4. The van der Waals surface area contributed by atoms with Crippen LogP contribution in [0, 0.1) is 0 Å². The van der Waals surface area contributed by atoms with Crippen molar-refractivity contribution in [3.05, 3.63) is 71.8 Å². The third-order valence-electron chi connectivity index (χ3n) is 6.10. The van der Waals surface area contributed by atoms with Crippen LogP contribution in [0.4, 0.5) is 9.18 Å². The van der Waals surface area contributed by atoms with Crippen molar-refractivity contribution in [3.63, 3.8) is 0 Å². The molecule has 1 N–H and O–H groups in total. The first-order valence-corrected chi connectivity index (χ1v) is 13.0. The van der Waals surface area contributed by atoms with E-state index in [-0.39, 0.29) is 13.2 Å². The Kier molecular flexibility index (Phi) is 11.6. The van der Waals surface area contributed by atoms with Crippen LogP contribution >= 0.6 is 0 Å². The number of hydrogen-bond acceptors (Lipinski definition) is 10. The molecule has 0 bridgehead atoms. The van der Waals surface area contributed by atoms with Crippen LogP contribution in [0.5, 0.6) is 0 Å². The van der Waals surface area contributed by atoms with E-state index < -0.39 is 66.9 Å². The summed E-state index contributed by atoms with van der Waals surface area (Å²) in [5.41, 5.74) is 1.42. The van der Waals surface area contributed by atoms with Crippen molar-refractivity contribution in [3.8, 4) is 0 Å². The van der Waals surface area contributed by atoms with E-state index in [0.717, 1.165) is 19.4 Å². The van der Waals surface area contributed by atoms with Crippen LogP contribution in [-0.2, 0) is 56.0 Å². The molecule has 1 amide bonds. The number of carbonyl (C=O) groups excluding carboxylic acids is 4. The maximum Gasteiger partial charge on any atom is 0.408 e. The molecular formula is C29H34FNO10. The van der Waals surface area contributed by atoms with Crippen molar-refractivity contribution in [2.45, 2.75) is 83.8 Å². The van der Waals surface area contributed by atoms with Gasteiger partial charge in [-0.25, -0.2) is 14.0 Å². The highest BCUT2D eigenvalue weighted by molar-refractivity contribution is 5.82. The number of esters is 3. The lowest BCUT2D eigenvalue weighted by atomic mass is 10.00. The Morgan fingerprint density at radius 3 is 1.90 bits per heavy atom. The Morgan fingerprint density at radius 2 is 1.37 bits per heavy atom. The third-order valence-corrected chi connectivity index (χ3v) is 6.10. The van der Waals surface area contributed by atoms with Crippen molar-refractivity contribution in [2.75, 3.05) is 0 Å². The normalized spacial score (nSPS) is 23.4. The third kappa shape index (κ3) is 9.54. The Labute approximate surface area is 237 Å². The summed E-state index contributed by atoms with van der Waals surface area (Å²) in [6.45, 7) is 4.95. The van der Waals surface area contributed by atoms with Gasteiger partial charge in [0.2, 0.25) is 0 Å². The fraction of sp³-hybridized carbons (Fsp3) is 0.448. The monoisotopic (exact) mass is 575 g/mol. The zero-order chi connectivity index (χ0) is 29.9. The molecule has 1 aliphatic heterocycles. The van der Waals surface area contributed by atoms with Gasteiger partial charge in [-0.2, -0.15) is 0 Å². The number of rotatable bonds is 11. The van der Waals surface area contributed by atoms with Gasteiger partial charge in [0.15, 0.2) is 30.7 Å². The first kappa shape index (κ1) is 31.5. The van der Waals surface area contributed by atoms with Crippen LogP contribution in [0.3, 0.4) is 0 Å². The molecule has 0 aromatic heterocycles. The molecule has 7 atom stereocenters. The second-order valence-corrected chi connectivity index (χ2v) is 9.42. The zero-order valence-corrected chi connectivity index (χ0v) is 23.2. The van der Waals surface area contributed by atoms with E-state index in [0.29, 0.717) is 5.56 Å². The average molecular weight is 576 g/mol. The van der Waals surface area contributed by atoms with Crippen LogP contribution in [0.15, 0.2) is 60.7 Å². The molecular weight excluding hydrogens is 541 g/mol. The number of ether oxygens (including phenoxy) is 6. The van der Waals surface area contributed by atoms with E-state index in [2.05, 4.69) is 5.32 Å². The summed E-state index contributed by atoms with van der Waals surface area (Å²) >= 11 is 0. The molecule has 0 unspecified atom stereocenters. The predicted molar refractivity (Wildman–Crippen MR) is 141 cm³/mol. The fourth-order valence-electron chi connectivity index (χ4n) is 4.12. The van der Waals surface area contributed by atoms with E-state index in [1.165, 1.54) is 13.8 Å². The minimum absolute atomic E-state index is 0.0644. The molecule has 1 fully saturated rings. The SMILES string of the molecule is CC(=O)O[C@H]1[C@H](F)[C@@H](O[C@H](C)[C@H](NC(=O)OCc2ccccc2)C(=O)OCc2ccccc2)O[C@@H](C)[C@H]1OC(C)=O. The maximum atomic E-state index is 15.6. The molecule has 222 valence electrons. The molecule has 0 spiro atoms. The number of benzene rings is 2. The highest BCUT2D eigenvalue weighted by atomic mass is 19.1. The van der Waals surface area contributed by atoms with Gasteiger partial charge in [0.1, 0.15) is 13.2 Å². The maximum absolute atomic E-state index is 15.6. The van der Waals surface area contributed by atoms with Gasteiger partial charge < -0.3 is 33.7 Å². The van der Waals surface area contributed by atoms with E-state index in [1.807, 2.05) is 12.1 Å². The van der Waals surface area contributed by atoms with Gasteiger partial charge in [0.05, 0.1) is 12.2 Å². The van der Waals surface area contributed by atoms with Crippen LogP contribution in [0.2, 0.25) is 0 Å². The number of alkyl carbamates (subject to hydrolysis) is 1. The zero-order valence-electron chi connectivity index (χ0n) is 23.2. The summed E-state index contributed by atoms with van der Waals surface area (Å²) in [7, 11) is 0. The number of amides is 1. The van der Waals surface area contributed by atoms with E-state index in [1.54, 1.807) is 48.5 Å². The lowest BCUT2D eigenvalue weighted by Crippen LogP contribution is -2.60. The standard InChI is InChI=1S/C29H34FNO10/c1-17(38-28-23(30)26(41-20(4)33)25(18(2)39-28)40-19(3)32)24(27(34)36-15-21-11-7-5-8-12-21)31-29(35)37-16-22-13-9-6-10-14-22/h5-14,17-18,23-26,28H,15-16H2,1-4H3,(H,31,35)/t17-,18+,23+,24+,25-,26+,28+/m1/s1. The quantitative estimate of drug-likeness (QED) is 0.314. The van der Waals surface area contributed by atoms with Gasteiger partial charge in [0, 0.05) is 13.8 Å². The van der Waals surface area contributed by atoms with Crippen LogP contribution in [0.25, 0.3) is 0 Å². The Morgan fingerprint density at radius 1 is 0.854 bits per heavy atom. The lowest BCUT2D eigenvalue weighted by molar-refractivity contribution is -0.294. The molecule has 3 rings (SSSR count). The van der Waals surface area contributed by atoms with E-state index >= 15 is 4.39 Å². The van der Waals surface area contributed by atoms with Gasteiger partial charge in [-0.05, 0) is 25.0 Å². The Hall–Kier alpha value is -4.03. The molecule has 1 saturated heterocycles. The fourth-order valence-corrected chi connectivity index (χ4v) is 4.12. The first-order valence-electron chi connectivity index (χ1n) is 13.0.